The van der Waals surface area contributed by atoms with Crippen molar-refractivity contribution in [2.75, 3.05) is 12.0 Å². The van der Waals surface area contributed by atoms with Gasteiger partial charge in [-0.2, -0.15) is 0 Å². The van der Waals surface area contributed by atoms with Crippen LogP contribution in [0, 0.1) is 19.7 Å². The van der Waals surface area contributed by atoms with Gasteiger partial charge in [-0.3, -0.25) is 19.8 Å². The van der Waals surface area contributed by atoms with Crippen LogP contribution >= 0.6 is 23.8 Å². The molecule has 1 aliphatic rings. The average Bonchev–Trinajstić information content (AvgIpc) is 3.10. The Balaban J connectivity index is 1.76. The van der Waals surface area contributed by atoms with Gasteiger partial charge in [0.1, 0.15) is 11.4 Å². The number of thiocarbonyl (C=S) groups is 1. The molecule has 0 saturated carbocycles. The molecule has 10 heteroatoms. The van der Waals surface area contributed by atoms with Crippen LogP contribution in [0.3, 0.4) is 0 Å². The van der Waals surface area contributed by atoms with Crippen LogP contribution in [0.25, 0.3) is 11.8 Å². The number of methoxy groups -OCH3 is 1. The first-order valence-corrected chi connectivity index (χ1v) is 11.1. The number of hydrogen-bond donors (Lipinski definition) is 1. The van der Waals surface area contributed by atoms with E-state index in [1.54, 1.807) is 18.2 Å². The third kappa shape index (κ3) is 4.48. The quantitative estimate of drug-likeness (QED) is 0.241. The lowest BCUT2D eigenvalue weighted by Gasteiger charge is -2.29. The number of nitrogens with zero attached hydrogens (tertiary/aromatic N) is 2. The van der Waals surface area contributed by atoms with Crippen molar-refractivity contribution in [3.63, 3.8) is 0 Å². The molecule has 3 aromatic rings. The number of amides is 2. The third-order valence-corrected chi connectivity index (χ3v) is 6.13. The summed E-state index contributed by atoms with van der Waals surface area (Å²) in [5, 5.41) is 2.18. The zero-order chi connectivity index (χ0) is 25.4. The Kier molecular flexibility index (Phi) is 6.56. The number of halogens is 2. The molecule has 2 heterocycles. The van der Waals surface area contributed by atoms with E-state index >= 15 is 0 Å². The van der Waals surface area contributed by atoms with Gasteiger partial charge in [-0.05, 0) is 80.2 Å². The highest BCUT2D eigenvalue weighted by Crippen LogP contribution is 2.28. The Morgan fingerprint density at radius 2 is 1.86 bits per heavy atom. The molecule has 0 spiro atoms. The molecule has 178 valence electrons. The van der Waals surface area contributed by atoms with Crippen LogP contribution in [0.5, 0.6) is 0 Å². The summed E-state index contributed by atoms with van der Waals surface area (Å²) in [6, 6.07) is 12.5. The van der Waals surface area contributed by atoms with Crippen molar-refractivity contribution in [2.24, 2.45) is 0 Å². The second-order valence-corrected chi connectivity index (χ2v) is 8.55. The summed E-state index contributed by atoms with van der Waals surface area (Å²) in [5.74, 6) is -2.42. The Morgan fingerprint density at radius 3 is 2.54 bits per heavy atom. The summed E-state index contributed by atoms with van der Waals surface area (Å²) in [6.07, 6.45) is 1.47. The van der Waals surface area contributed by atoms with Gasteiger partial charge in [0, 0.05) is 17.1 Å². The van der Waals surface area contributed by atoms with E-state index in [4.69, 9.17) is 28.6 Å². The minimum Gasteiger partial charge on any atom is -0.465 e. The van der Waals surface area contributed by atoms with E-state index in [2.05, 4.69) is 5.32 Å². The van der Waals surface area contributed by atoms with Crippen LogP contribution in [0.1, 0.15) is 27.3 Å². The minimum atomic E-state index is -0.668. The van der Waals surface area contributed by atoms with Gasteiger partial charge in [-0.25, -0.2) is 9.18 Å². The van der Waals surface area contributed by atoms with Crippen LogP contribution in [0.15, 0.2) is 54.1 Å². The van der Waals surface area contributed by atoms with Gasteiger partial charge in [0.05, 0.1) is 23.4 Å². The number of carbonyl (C=O) groups is 3. The molecule has 1 aromatic heterocycles. The van der Waals surface area contributed by atoms with Gasteiger partial charge in [-0.15, -0.1) is 0 Å². The number of esters is 1. The van der Waals surface area contributed by atoms with Crippen molar-refractivity contribution in [3.8, 4) is 5.69 Å². The van der Waals surface area contributed by atoms with Crippen molar-refractivity contribution in [3.05, 3.63) is 87.5 Å². The number of nitrogens with one attached hydrogen (secondary N) is 1. The van der Waals surface area contributed by atoms with Crippen LogP contribution < -0.4 is 10.2 Å². The summed E-state index contributed by atoms with van der Waals surface area (Å²) in [7, 11) is 1.31. The predicted molar refractivity (Wildman–Crippen MR) is 134 cm³/mol. The Morgan fingerprint density at radius 1 is 1.11 bits per heavy atom. The summed E-state index contributed by atoms with van der Waals surface area (Å²) < 4.78 is 20.3. The van der Waals surface area contributed by atoms with Crippen LogP contribution in [0.4, 0.5) is 10.1 Å². The number of aromatic nitrogens is 1. The van der Waals surface area contributed by atoms with E-state index in [-0.39, 0.29) is 21.4 Å². The van der Waals surface area contributed by atoms with Gasteiger partial charge in [0.25, 0.3) is 11.8 Å². The van der Waals surface area contributed by atoms with Gasteiger partial charge in [0.15, 0.2) is 5.11 Å². The molecule has 1 fully saturated rings. The monoisotopic (exact) mass is 511 g/mol. The zero-order valence-corrected chi connectivity index (χ0v) is 20.5. The smallest absolute Gasteiger partial charge is 0.337 e. The maximum atomic E-state index is 13.6. The second kappa shape index (κ2) is 9.44. The topological polar surface area (TPSA) is 80.6 Å². The molecule has 1 N–H and O–H groups in total. The first-order chi connectivity index (χ1) is 16.6. The van der Waals surface area contributed by atoms with Crippen molar-refractivity contribution in [1.29, 1.82) is 0 Å². The molecule has 7 nitrogen and oxygen atoms in total. The van der Waals surface area contributed by atoms with Crippen molar-refractivity contribution in [1.82, 2.24) is 9.88 Å². The van der Waals surface area contributed by atoms with Gasteiger partial charge < -0.3 is 9.30 Å². The van der Waals surface area contributed by atoms with E-state index < -0.39 is 23.6 Å². The Bertz CT molecular complexity index is 1450. The molecule has 2 aromatic carbocycles. The number of hydrogen-bond acceptors (Lipinski definition) is 5. The van der Waals surface area contributed by atoms with Gasteiger partial charge in [0.2, 0.25) is 0 Å². The summed E-state index contributed by atoms with van der Waals surface area (Å²) >= 11 is 11.1. The highest BCUT2D eigenvalue weighted by atomic mass is 35.5. The molecular formula is C25H19ClFN3O4S. The fourth-order valence-corrected chi connectivity index (χ4v) is 4.35. The minimum absolute atomic E-state index is 0.134. The van der Waals surface area contributed by atoms with E-state index in [0.29, 0.717) is 11.1 Å². The number of anilines is 1. The van der Waals surface area contributed by atoms with Crippen LogP contribution in [0.2, 0.25) is 5.02 Å². The number of rotatable bonds is 4. The molecule has 0 unspecified atom stereocenters. The molecule has 0 aliphatic carbocycles. The first kappa shape index (κ1) is 24.3. The number of benzene rings is 2. The summed E-state index contributed by atoms with van der Waals surface area (Å²) in [4.78, 5) is 39.0. The molecule has 1 saturated heterocycles. The number of ether oxygens (including phenoxy) is 1. The number of aryl methyl sites for hydroxylation is 1. The zero-order valence-electron chi connectivity index (χ0n) is 18.9. The van der Waals surface area contributed by atoms with E-state index in [1.165, 1.54) is 25.3 Å². The van der Waals surface area contributed by atoms with Crippen molar-refractivity contribution >= 4 is 58.5 Å². The molecule has 35 heavy (non-hydrogen) atoms. The maximum absolute atomic E-state index is 13.6. The largest absolute Gasteiger partial charge is 0.465 e. The predicted octanol–water partition coefficient (Wildman–Crippen LogP) is 4.50. The van der Waals surface area contributed by atoms with Crippen LogP contribution in [-0.2, 0) is 14.3 Å². The van der Waals surface area contributed by atoms with Crippen molar-refractivity contribution in [2.45, 2.75) is 13.8 Å². The average molecular weight is 512 g/mol. The van der Waals surface area contributed by atoms with Gasteiger partial charge >= 0.3 is 5.97 Å². The lowest BCUT2D eigenvalue weighted by atomic mass is 10.1. The molecule has 1 aliphatic heterocycles. The van der Waals surface area contributed by atoms with E-state index in [1.807, 2.05) is 30.5 Å². The fourth-order valence-electron chi connectivity index (χ4n) is 3.89. The molecule has 2 amide bonds. The Labute approximate surface area is 210 Å². The van der Waals surface area contributed by atoms with Crippen molar-refractivity contribution < 1.29 is 23.5 Å². The standard InChI is InChI=1S/C25H19ClFN3O4S/c1-13-9-16(14(2)29(13)17-6-4-5-15(10-17)24(33)34-3)11-19-22(31)28-25(35)30(23(19)32)18-7-8-21(27)20(26)12-18/h4-12H,1-3H3,(H,28,31,35)/b19-11+. The first-order valence-electron chi connectivity index (χ1n) is 10.4. The highest BCUT2D eigenvalue weighted by Gasteiger charge is 2.35. The lowest BCUT2D eigenvalue weighted by molar-refractivity contribution is -0.122. The molecular weight excluding hydrogens is 493 g/mol. The molecule has 0 radical (unpaired) electrons. The lowest BCUT2D eigenvalue weighted by Crippen LogP contribution is -2.54. The molecule has 0 bridgehead atoms. The van der Waals surface area contributed by atoms with Crippen LogP contribution in [-0.4, -0.2) is 34.6 Å². The summed E-state index contributed by atoms with van der Waals surface area (Å²) in [6.45, 7) is 3.70. The highest BCUT2D eigenvalue weighted by molar-refractivity contribution is 7.80. The van der Waals surface area contributed by atoms with E-state index in [9.17, 15) is 18.8 Å². The Hall–Kier alpha value is -3.82. The number of carbonyl (C=O) groups excluding carboxylic acids is 3. The fraction of sp³-hybridized carbons (Fsp3) is 0.120. The normalized spacial score (nSPS) is 14.9. The maximum Gasteiger partial charge on any atom is 0.337 e. The van der Waals surface area contributed by atoms with E-state index in [0.717, 1.165) is 28.0 Å². The molecule has 0 atom stereocenters. The van der Waals surface area contributed by atoms with Gasteiger partial charge in [-0.1, -0.05) is 17.7 Å². The SMILES string of the molecule is COC(=O)c1cccc(-n2c(C)cc(/C=C3\C(=O)NC(=S)N(c4ccc(F)c(Cl)c4)C3=O)c2C)c1. The summed E-state index contributed by atoms with van der Waals surface area (Å²) in [5.41, 5.74) is 3.36. The molecule has 4 rings (SSSR count). The third-order valence-electron chi connectivity index (χ3n) is 5.56. The second-order valence-electron chi connectivity index (χ2n) is 7.76.